The zero-order valence-electron chi connectivity index (χ0n) is 18.2. The summed E-state index contributed by atoms with van der Waals surface area (Å²) in [6, 6.07) is 5.36. The van der Waals surface area contributed by atoms with Crippen LogP contribution in [0.15, 0.2) is 34.9 Å². The number of aromatic nitrogens is 2. The maximum atomic E-state index is 13.1. The fraction of sp³-hybridized carbons (Fsp3) is 0.409. The molecule has 3 N–H and O–H groups in total. The van der Waals surface area contributed by atoms with Crippen molar-refractivity contribution in [2.75, 3.05) is 30.0 Å². The lowest BCUT2D eigenvalue weighted by atomic mass is 9.97. The summed E-state index contributed by atoms with van der Waals surface area (Å²) in [5, 5.41) is 14.9. The molecular weight excluding hydrogens is 468 g/mol. The maximum absolute atomic E-state index is 13.1. The average molecular weight is 492 g/mol. The molecular formula is C22H23F2N5O4S. The van der Waals surface area contributed by atoms with Gasteiger partial charge in [0.1, 0.15) is 0 Å². The number of morpholine rings is 1. The molecule has 0 unspecified atom stereocenters. The van der Waals surface area contributed by atoms with Crippen LogP contribution in [0.25, 0.3) is 11.3 Å². The van der Waals surface area contributed by atoms with Crippen LogP contribution in [-0.4, -0.2) is 53.0 Å². The molecule has 2 aliphatic heterocycles. The fourth-order valence-electron chi connectivity index (χ4n) is 4.17. The number of carbonyl (C=O) groups is 1. The summed E-state index contributed by atoms with van der Waals surface area (Å²) in [6.07, 6.45) is -0.447. The van der Waals surface area contributed by atoms with E-state index in [2.05, 4.69) is 20.6 Å². The highest BCUT2D eigenvalue weighted by Gasteiger charge is 2.42. The largest absolute Gasteiger partial charge is 0.423 e. The molecule has 34 heavy (non-hydrogen) atoms. The van der Waals surface area contributed by atoms with Gasteiger partial charge in [0.05, 0.1) is 54.7 Å². The minimum atomic E-state index is -2.57. The second kappa shape index (κ2) is 9.28. The second-order valence-electron chi connectivity index (χ2n) is 8.26. The predicted molar refractivity (Wildman–Crippen MR) is 121 cm³/mol. The predicted octanol–water partition coefficient (Wildman–Crippen LogP) is 3.74. The van der Waals surface area contributed by atoms with Crippen molar-refractivity contribution < 1.29 is 27.8 Å². The van der Waals surface area contributed by atoms with Crippen LogP contribution < -0.4 is 15.5 Å². The number of oxazole rings is 1. The molecule has 5 rings (SSSR count). The van der Waals surface area contributed by atoms with Crippen LogP contribution in [0.1, 0.15) is 35.5 Å². The van der Waals surface area contributed by atoms with E-state index in [0.717, 1.165) is 10.6 Å². The van der Waals surface area contributed by atoms with E-state index in [4.69, 9.17) is 14.3 Å². The molecule has 2 amide bonds. The highest BCUT2D eigenvalue weighted by molar-refractivity contribution is 7.16. The number of thiazole rings is 1. The Hall–Kier alpha value is -3.09. The molecule has 3 aromatic rings. The molecule has 2 bridgehead atoms. The van der Waals surface area contributed by atoms with Crippen LogP contribution in [0.2, 0.25) is 0 Å². The van der Waals surface area contributed by atoms with Crippen molar-refractivity contribution >= 4 is 28.5 Å². The molecule has 12 heteroatoms. The summed E-state index contributed by atoms with van der Waals surface area (Å²) in [5.74, 6) is 0.406. The topological polar surface area (TPSA) is 113 Å². The number of aliphatic hydroxyl groups excluding tert-OH is 1. The van der Waals surface area contributed by atoms with Crippen LogP contribution in [0, 0.1) is 0 Å². The maximum Gasteiger partial charge on any atom is 0.321 e. The van der Waals surface area contributed by atoms with Crippen molar-refractivity contribution in [3.8, 4) is 11.3 Å². The summed E-state index contributed by atoms with van der Waals surface area (Å²) in [6.45, 7) is 2.39. The van der Waals surface area contributed by atoms with Crippen LogP contribution in [0.3, 0.4) is 0 Å². The lowest BCUT2D eigenvalue weighted by molar-refractivity contribution is 0.0578. The number of hydrogen-bond acceptors (Lipinski definition) is 8. The molecule has 1 fully saturated rings. The van der Waals surface area contributed by atoms with E-state index in [-0.39, 0.29) is 30.3 Å². The number of urea groups is 1. The van der Waals surface area contributed by atoms with Crippen LogP contribution in [0.4, 0.5) is 24.7 Å². The van der Waals surface area contributed by atoms with Crippen molar-refractivity contribution in [1.82, 2.24) is 15.3 Å². The number of carbonyl (C=O) groups excluding carboxylic acids is 1. The monoisotopic (exact) mass is 491 g/mol. The molecule has 9 nitrogen and oxygen atoms in total. The lowest BCUT2D eigenvalue weighted by Gasteiger charge is -2.43. The van der Waals surface area contributed by atoms with E-state index in [9.17, 15) is 13.6 Å². The molecule has 0 spiro atoms. The molecule has 3 atom stereocenters. The number of anilines is 2. The van der Waals surface area contributed by atoms with Gasteiger partial charge in [-0.15, -0.1) is 0 Å². The summed E-state index contributed by atoms with van der Waals surface area (Å²) >= 11 is 1.35. The van der Waals surface area contributed by atoms with Gasteiger partial charge >= 0.3 is 6.03 Å². The SMILES string of the molecule is C[C@H](CO)NC(=O)Nc1nc2c(s1)[C@@H]1COC[C@H](C2)N1c1ncc(-c2cccc(C(F)F)c2)o1. The van der Waals surface area contributed by atoms with Gasteiger partial charge in [-0.3, -0.25) is 5.32 Å². The van der Waals surface area contributed by atoms with Gasteiger partial charge in [-0.1, -0.05) is 29.5 Å². The Morgan fingerprint density at radius 3 is 3.03 bits per heavy atom. The molecule has 1 aromatic carbocycles. The third kappa shape index (κ3) is 4.36. The number of ether oxygens (including phenoxy) is 1. The van der Waals surface area contributed by atoms with E-state index in [0.29, 0.717) is 42.1 Å². The number of rotatable bonds is 6. The molecule has 0 saturated carbocycles. The molecule has 2 aromatic heterocycles. The first-order chi connectivity index (χ1) is 16.4. The first-order valence-corrected chi connectivity index (χ1v) is 11.6. The smallest absolute Gasteiger partial charge is 0.321 e. The Kier molecular flexibility index (Phi) is 6.19. The zero-order chi connectivity index (χ0) is 23.8. The summed E-state index contributed by atoms with van der Waals surface area (Å²) < 4.78 is 38.0. The third-order valence-electron chi connectivity index (χ3n) is 5.78. The number of amides is 2. The van der Waals surface area contributed by atoms with Gasteiger partial charge in [0.15, 0.2) is 10.9 Å². The number of halogens is 2. The molecule has 0 radical (unpaired) electrons. The minimum Gasteiger partial charge on any atom is -0.423 e. The quantitative estimate of drug-likeness (QED) is 0.482. The number of alkyl halides is 2. The number of fused-ring (bicyclic) bond motifs is 4. The molecule has 4 heterocycles. The van der Waals surface area contributed by atoms with Crippen LogP contribution in [-0.2, 0) is 11.2 Å². The van der Waals surface area contributed by atoms with Gasteiger partial charge in [-0.25, -0.2) is 23.5 Å². The standard InChI is InChI=1S/C22H23F2N5O4S/c1-11(8-30)26-20(31)28-21-27-15-6-14-9-32-10-16(18(15)34-21)29(14)22-25-7-17(33-22)12-3-2-4-13(5-12)19(23)24/h2-5,7,11,14,16,19,30H,6,8-10H2,1H3,(H2,26,27,28,31)/t11-,14+,16+/m1/s1. The Morgan fingerprint density at radius 2 is 2.24 bits per heavy atom. The van der Waals surface area contributed by atoms with Crippen molar-refractivity contribution in [1.29, 1.82) is 0 Å². The third-order valence-corrected chi connectivity index (χ3v) is 6.90. The van der Waals surface area contributed by atoms with Gasteiger partial charge in [-0.05, 0) is 13.0 Å². The normalized spacial score (nSPS) is 20.2. The highest BCUT2D eigenvalue weighted by Crippen LogP contribution is 2.43. The summed E-state index contributed by atoms with van der Waals surface area (Å²) in [7, 11) is 0. The van der Waals surface area contributed by atoms with Gasteiger partial charge < -0.3 is 24.5 Å². The fourth-order valence-corrected chi connectivity index (χ4v) is 5.25. The van der Waals surface area contributed by atoms with Gasteiger partial charge in [0.25, 0.3) is 12.4 Å². The van der Waals surface area contributed by atoms with E-state index >= 15 is 0 Å². The first-order valence-electron chi connectivity index (χ1n) is 10.8. The summed E-state index contributed by atoms with van der Waals surface area (Å²) in [5.41, 5.74) is 1.34. The molecule has 1 saturated heterocycles. The second-order valence-corrected chi connectivity index (χ2v) is 9.29. The van der Waals surface area contributed by atoms with Gasteiger partial charge in [0, 0.05) is 17.5 Å². The Morgan fingerprint density at radius 1 is 1.38 bits per heavy atom. The highest BCUT2D eigenvalue weighted by atomic mass is 32.1. The van der Waals surface area contributed by atoms with Crippen molar-refractivity contribution in [3.05, 3.63) is 46.6 Å². The van der Waals surface area contributed by atoms with Gasteiger partial charge in [0.2, 0.25) is 0 Å². The molecule has 2 aliphatic rings. The van der Waals surface area contributed by atoms with Crippen molar-refractivity contribution in [2.24, 2.45) is 0 Å². The summed E-state index contributed by atoms with van der Waals surface area (Å²) in [4.78, 5) is 24.2. The van der Waals surface area contributed by atoms with Crippen LogP contribution >= 0.6 is 11.3 Å². The minimum absolute atomic E-state index is 0.0664. The lowest BCUT2D eigenvalue weighted by Crippen LogP contribution is -2.51. The zero-order valence-corrected chi connectivity index (χ0v) is 19.0. The molecule has 0 aliphatic carbocycles. The number of aliphatic hydroxyl groups is 1. The van der Waals surface area contributed by atoms with Crippen molar-refractivity contribution in [3.63, 3.8) is 0 Å². The number of nitrogens with zero attached hydrogens (tertiary/aromatic N) is 3. The molecule has 180 valence electrons. The average Bonchev–Trinajstić information content (AvgIpc) is 3.46. The van der Waals surface area contributed by atoms with Crippen LogP contribution in [0.5, 0.6) is 0 Å². The van der Waals surface area contributed by atoms with Gasteiger partial charge in [-0.2, -0.15) is 0 Å². The van der Waals surface area contributed by atoms with E-state index in [1.165, 1.54) is 23.5 Å². The van der Waals surface area contributed by atoms with E-state index in [1.807, 2.05) is 4.90 Å². The number of hydrogen-bond donors (Lipinski definition) is 3. The number of nitrogens with one attached hydrogen (secondary N) is 2. The Labute approximate surface area is 197 Å². The van der Waals surface area contributed by atoms with Crippen molar-refractivity contribution in [2.45, 2.75) is 37.9 Å². The number of benzene rings is 1. The Balaban J connectivity index is 1.39. The van der Waals surface area contributed by atoms with E-state index in [1.54, 1.807) is 25.3 Å². The Bertz CT molecular complexity index is 1190. The van der Waals surface area contributed by atoms with E-state index < -0.39 is 12.5 Å². The first kappa shape index (κ1) is 22.7.